The van der Waals surface area contributed by atoms with E-state index in [1.165, 1.54) is 19.9 Å². The number of aliphatic hydroxyl groups excluding tert-OH is 1. The first-order chi connectivity index (χ1) is 9.09. The van der Waals surface area contributed by atoms with E-state index in [1.54, 1.807) is 0 Å². The molecule has 0 amide bonds. The normalized spacial score (nSPS) is 16.3. The number of carbonyl (C=O) groups is 1. The van der Waals surface area contributed by atoms with E-state index in [4.69, 9.17) is 5.11 Å². The average molecular weight is 451 g/mol. The van der Waals surface area contributed by atoms with Crippen LogP contribution < -0.4 is 0 Å². The van der Waals surface area contributed by atoms with E-state index >= 15 is 0 Å². The molecule has 1 aliphatic rings. The van der Waals surface area contributed by atoms with Gasteiger partial charge < -0.3 is 5.11 Å². The average Bonchev–Trinajstić information content (AvgIpc) is 2.40. The summed E-state index contributed by atoms with van der Waals surface area (Å²) in [6, 6.07) is 6.00. The van der Waals surface area contributed by atoms with Gasteiger partial charge in [-0.2, -0.15) is 0 Å². The Morgan fingerprint density at radius 2 is 2.10 bits per heavy atom. The summed E-state index contributed by atoms with van der Waals surface area (Å²) in [6.45, 7) is 2.85. The summed E-state index contributed by atoms with van der Waals surface area (Å²) in [6.07, 6.45) is 13.4. The Morgan fingerprint density at radius 1 is 1.35 bits per heavy atom. The third-order valence-corrected chi connectivity index (χ3v) is 2.30. The van der Waals surface area contributed by atoms with Crippen LogP contribution in [0.3, 0.4) is 0 Å². The van der Waals surface area contributed by atoms with Crippen molar-refractivity contribution in [2.75, 3.05) is 0 Å². The second kappa shape index (κ2) is 10.2. The molecule has 1 aromatic heterocycles. The van der Waals surface area contributed by atoms with Gasteiger partial charge in [-0.05, 0) is 31.9 Å². The van der Waals surface area contributed by atoms with E-state index in [9.17, 15) is 4.79 Å². The zero-order valence-electron chi connectivity index (χ0n) is 11.5. The molecule has 4 heteroatoms. The van der Waals surface area contributed by atoms with Gasteiger partial charge in [0.25, 0.3) is 0 Å². The summed E-state index contributed by atoms with van der Waals surface area (Å²) < 4.78 is 0. The number of rotatable bonds is 2. The molecule has 0 saturated carbocycles. The standard InChI is InChI=1S/C11H10N.C5H8O2.Pt/c1-2-6-10(7-3-1)11-8-4-5-9-12-11;1-4(6)3-5(2)7;/h1-10H;3,6H,1-2H3;/q-1;;/b;4-3-;. The van der Waals surface area contributed by atoms with Gasteiger partial charge in [0.1, 0.15) is 0 Å². The number of pyridine rings is 1. The summed E-state index contributed by atoms with van der Waals surface area (Å²) in [7, 11) is 0. The summed E-state index contributed by atoms with van der Waals surface area (Å²) in [4.78, 5) is 14.3. The van der Waals surface area contributed by atoms with Gasteiger partial charge in [0.05, 0.1) is 5.76 Å². The minimum atomic E-state index is -0.125. The summed E-state index contributed by atoms with van der Waals surface area (Å²) >= 11 is 0. The van der Waals surface area contributed by atoms with Crippen molar-refractivity contribution in [1.82, 2.24) is 4.98 Å². The fourth-order valence-corrected chi connectivity index (χ4v) is 1.56. The minimum Gasteiger partial charge on any atom is -0.512 e. The maximum absolute atomic E-state index is 10.0. The van der Waals surface area contributed by atoms with Gasteiger partial charge >= 0.3 is 0 Å². The van der Waals surface area contributed by atoms with Crippen LogP contribution in [0, 0.1) is 6.42 Å². The molecule has 2 rings (SSSR count). The van der Waals surface area contributed by atoms with E-state index in [-0.39, 0.29) is 32.6 Å². The summed E-state index contributed by atoms with van der Waals surface area (Å²) in [5.74, 6) is 0.295. The second-order valence-electron chi connectivity index (χ2n) is 4.14. The molecule has 0 radical (unpaired) electrons. The van der Waals surface area contributed by atoms with Crippen LogP contribution in [-0.4, -0.2) is 15.9 Å². The molecular weight excluding hydrogens is 433 g/mol. The van der Waals surface area contributed by atoms with E-state index in [0.717, 1.165) is 5.69 Å². The van der Waals surface area contributed by atoms with Gasteiger partial charge in [0, 0.05) is 39.0 Å². The molecule has 3 nitrogen and oxygen atoms in total. The number of nitrogens with zero attached hydrogens (tertiary/aromatic N) is 1. The zero-order chi connectivity index (χ0) is 14.1. The molecule has 0 fully saturated rings. The minimum absolute atomic E-state index is 0. The molecule has 1 aliphatic carbocycles. The largest absolute Gasteiger partial charge is 0.512 e. The monoisotopic (exact) mass is 451 g/mol. The number of allylic oxidation sites excluding steroid dienone is 6. The molecular formula is C16H18NO2Pt-. The smallest absolute Gasteiger partial charge is 0.155 e. The maximum Gasteiger partial charge on any atom is 0.155 e. The first-order valence-corrected chi connectivity index (χ1v) is 6.06. The molecule has 0 spiro atoms. The molecule has 1 N–H and O–H groups in total. The topological polar surface area (TPSA) is 50.2 Å². The Kier molecular flexibility index (Phi) is 9.40. The first kappa shape index (κ1) is 18.4. The summed E-state index contributed by atoms with van der Waals surface area (Å²) in [5.41, 5.74) is 1.11. The zero-order valence-corrected chi connectivity index (χ0v) is 13.7. The van der Waals surface area contributed by atoms with Crippen LogP contribution in [0.1, 0.15) is 25.5 Å². The van der Waals surface area contributed by atoms with Crippen LogP contribution in [0.25, 0.3) is 0 Å². The van der Waals surface area contributed by atoms with Gasteiger partial charge in [0.15, 0.2) is 5.78 Å². The molecule has 20 heavy (non-hydrogen) atoms. The van der Waals surface area contributed by atoms with Crippen molar-refractivity contribution < 1.29 is 31.0 Å². The number of hydrogen-bond donors (Lipinski definition) is 1. The van der Waals surface area contributed by atoms with Crippen LogP contribution in [0.2, 0.25) is 0 Å². The van der Waals surface area contributed by atoms with Crippen molar-refractivity contribution in [3.8, 4) is 0 Å². The van der Waals surface area contributed by atoms with Crippen LogP contribution >= 0.6 is 0 Å². The molecule has 1 heterocycles. The third kappa shape index (κ3) is 7.75. The van der Waals surface area contributed by atoms with Crippen molar-refractivity contribution in [1.29, 1.82) is 0 Å². The Bertz CT molecular complexity index is 488. The molecule has 0 aliphatic heterocycles. The van der Waals surface area contributed by atoms with Crippen molar-refractivity contribution in [3.63, 3.8) is 0 Å². The van der Waals surface area contributed by atoms with E-state index in [0.29, 0.717) is 5.92 Å². The molecule has 1 aromatic rings. The quantitative estimate of drug-likeness (QED) is 0.425. The van der Waals surface area contributed by atoms with Crippen molar-refractivity contribution in [3.05, 3.63) is 72.6 Å². The van der Waals surface area contributed by atoms with Gasteiger partial charge in [-0.1, -0.05) is 6.07 Å². The number of carbonyl (C=O) groups excluding carboxylic acids is 1. The van der Waals surface area contributed by atoms with Gasteiger partial charge in [-0.3, -0.25) is 9.78 Å². The van der Waals surface area contributed by atoms with Crippen molar-refractivity contribution in [2.45, 2.75) is 19.8 Å². The number of aliphatic hydroxyl groups is 1. The second-order valence-corrected chi connectivity index (χ2v) is 4.14. The van der Waals surface area contributed by atoms with Crippen LogP contribution in [-0.2, 0) is 25.9 Å². The van der Waals surface area contributed by atoms with E-state index < -0.39 is 0 Å². The molecule has 110 valence electrons. The van der Waals surface area contributed by atoms with E-state index in [2.05, 4.69) is 29.6 Å². The van der Waals surface area contributed by atoms with E-state index in [1.807, 2.05) is 30.5 Å². The van der Waals surface area contributed by atoms with Gasteiger partial charge in [-0.15, -0.1) is 12.2 Å². The van der Waals surface area contributed by atoms with Gasteiger partial charge in [-0.25, -0.2) is 18.6 Å². The Balaban J connectivity index is 0.000000396. The molecule has 1 unspecified atom stereocenters. The number of aromatic nitrogens is 1. The fraction of sp³-hybridized carbons (Fsp3) is 0.188. The number of hydrogen-bond acceptors (Lipinski definition) is 3. The Hall–Kier alpha value is -1.60. The van der Waals surface area contributed by atoms with Gasteiger partial charge in [0.2, 0.25) is 0 Å². The molecule has 1 atom stereocenters. The fourth-order valence-electron chi connectivity index (χ4n) is 1.56. The third-order valence-electron chi connectivity index (χ3n) is 2.30. The number of ketones is 1. The molecule has 0 bridgehead atoms. The predicted octanol–water partition coefficient (Wildman–Crippen LogP) is 3.53. The SMILES string of the molecule is C1=C[CH-]C(c2ccccn2)C=C1.CC(=O)/C=C(/C)O.[Pt]. The predicted molar refractivity (Wildman–Crippen MR) is 76.6 cm³/mol. The van der Waals surface area contributed by atoms with Crippen molar-refractivity contribution in [2.24, 2.45) is 0 Å². The first-order valence-electron chi connectivity index (χ1n) is 6.06. The molecule has 0 aromatic carbocycles. The Labute approximate surface area is 134 Å². The van der Waals surface area contributed by atoms with Crippen LogP contribution in [0.4, 0.5) is 0 Å². The molecule has 0 saturated heterocycles. The van der Waals surface area contributed by atoms with Crippen LogP contribution in [0.15, 0.2) is 60.5 Å². The summed E-state index contributed by atoms with van der Waals surface area (Å²) in [5, 5.41) is 8.36. The van der Waals surface area contributed by atoms with Crippen molar-refractivity contribution >= 4 is 5.78 Å². The Morgan fingerprint density at radius 3 is 2.50 bits per heavy atom. The maximum atomic E-state index is 10.0. The van der Waals surface area contributed by atoms with Crippen LogP contribution in [0.5, 0.6) is 0 Å².